The summed E-state index contributed by atoms with van der Waals surface area (Å²) in [6.07, 6.45) is 2.01. The Morgan fingerprint density at radius 1 is 1.39 bits per heavy atom. The van der Waals surface area contributed by atoms with Crippen LogP contribution in [0.5, 0.6) is 0 Å². The van der Waals surface area contributed by atoms with E-state index in [-0.39, 0.29) is 17.0 Å². The highest BCUT2D eigenvalue weighted by Gasteiger charge is 2.19. The minimum absolute atomic E-state index is 0.162. The van der Waals surface area contributed by atoms with Crippen molar-refractivity contribution in [3.05, 3.63) is 40.2 Å². The van der Waals surface area contributed by atoms with Gasteiger partial charge in [0.1, 0.15) is 17.2 Å². The Morgan fingerprint density at radius 3 is 3.06 bits per heavy atom. The summed E-state index contributed by atoms with van der Waals surface area (Å²) in [5, 5.41) is 3.57. The minimum atomic E-state index is -0.441. The Morgan fingerprint density at radius 2 is 2.28 bits per heavy atom. The van der Waals surface area contributed by atoms with Gasteiger partial charge in [-0.3, -0.25) is 4.79 Å². The second-order valence-electron chi connectivity index (χ2n) is 4.63. The largest absolute Gasteiger partial charge is 0.316 e. The Bertz CT molecular complexity index is 632. The lowest BCUT2D eigenvalue weighted by Crippen LogP contribution is -2.30. The van der Waals surface area contributed by atoms with E-state index < -0.39 is 5.82 Å². The van der Waals surface area contributed by atoms with E-state index in [1.165, 1.54) is 12.1 Å². The summed E-state index contributed by atoms with van der Waals surface area (Å²) in [5.41, 5.74) is -0.0955. The molecule has 2 aromatic rings. The normalized spacial score (nSPS) is 20.2. The average molecular weight is 247 g/mol. The van der Waals surface area contributed by atoms with Crippen LogP contribution < -0.4 is 10.9 Å². The molecule has 1 atom stereocenters. The molecule has 0 bridgehead atoms. The van der Waals surface area contributed by atoms with Gasteiger partial charge in [-0.1, -0.05) is 6.07 Å². The highest BCUT2D eigenvalue weighted by molar-refractivity contribution is 5.77. The van der Waals surface area contributed by atoms with Crippen LogP contribution >= 0.6 is 0 Å². The zero-order valence-corrected chi connectivity index (χ0v) is 9.87. The minimum Gasteiger partial charge on any atom is -0.316 e. The third-order valence-electron chi connectivity index (χ3n) is 3.39. The van der Waals surface area contributed by atoms with Crippen LogP contribution in [0.2, 0.25) is 0 Å². The van der Waals surface area contributed by atoms with Gasteiger partial charge in [0.25, 0.3) is 5.56 Å². The fourth-order valence-corrected chi connectivity index (χ4v) is 2.42. The van der Waals surface area contributed by atoms with Crippen LogP contribution in [0.3, 0.4) is 0 Å². The van der Waals surface area contributed by atoms with Gasteiger partial charge in [-0.15, -0.1) is 0 Å². The molecule has 94 valence electrons. The lowest BCUT2D eigenvalue weighted by molar-refractivity contribution is 0.446. The molecule has 1 aromatic carbocycles. The summed E-state index contributed by atoms with van der Waals surface area (Å²) in [5.74, 6) is 0.309. The molecule has 0 radical (unpaired) electrons. The number of benzene rings is 1. The Kier molecular flexibility index (Phi) is 2.83. The van der Waals surface area contributed by atoms with Gasteiger partial charge in [-0.2, -0.15) is 0 Å². The van der Waals surface area contributed by atoms with Crippen molar-refractivity contribution < 1.29 is 4.39 Å². The van der Waals surface area contributed by atoms with Crippen molar-refractivity contribution in [3.8, 4) is 0 Å². The molecule has 2 heterocycles. The number of piperidine rings is 1. The SMILES string of the molecule is O=c1[nH]c(C2CCCNC2)nc2c(F)cccc12. The first-order valence-electron chi connectivity index (χ1n) is 6.15. The van der Waals surface area contributed by atoms with E-state index in [1.807, 2.05) is 0 Å². The van der Waals surface area contributed by atoms with E-state index in [9.17, 15) is 9.18 Å². The first kappa shape index (κ1) is 11.3. The summed E-state index contributed by atoms with van der Waals surface area (Å²) in [6.45, 7) is 1.77. The van der Waals surface area contributed by atoms with E-state index in [4.69, 9.17) is 0 Å². The van der Waals surface area contributed by atoms with Gasteiger partial charge in [0.2, 0.25) is 0 Å². The van der Waals surface area contributed by atoms with Crippen molar-refractivity contribution in [2.75, 3.05) is 13.1 Å². The number of hydrogen-bond acceptors (Lipinski definition) is 3. The number of H-pyrrole nitrogens is 1. The first-order chi connectivity index (χ1) is 8.75. The molecular formula is C13H14FN3O. The summed E-state index contributed by atoms with van der Waals surface area (Å²) < 4.78 is 13.7. The molecule has 1 aromatic heterocycles. The van der Waals surface area contributed by atoms with Crippen molar-refractivity contribution in [1.29, 1.82) is 0 Å². The lowest BCUT2D eigenvalue weighted by atomic mass is 9.98. The standard InChI is InChI=1S/C13H14FN3O/c14-10-5-1-4-9-11(10)16-12(17-13(9)18)8-3-2-6-15-7-8/h1,4-5,8,15H,2-3,6-7H2,(H,16,17,18). The molecule has 18 heavy (non-hydrogen) atoms. The number of aromatic nitrogens is 2. The van der Waals surface area contributed by atoms with Crippen LogP contribution in [-0.4, -0.2) is 23.1 Å². The van der Waals surface area contributed by atoms with E-state index in [0.29, 0.717) is 11.2 Å². The monoisotopic (exact) mass is 247 g/mol. The molecule has 5 heteroatoms. The maximum absolute atomic E-state index is 13.7. The predicted octanol–water partition coefficient (Wildman–Crippen LogP) is 1.53. The van der Waals surface area contributed by atoms with Crippen molar-refractivity contribution in [3.63, 3.8) is 0 Å². The van der Waals surface area contributed by atoms with Gasteiger partial charge in [-0.05, 0) is 31.5 Å². The number of aromatic amines is 1. The molecule has 1 saturated heterocycles. The smallest absolute Gasteiger partial charge is 0.258 e. The number of nitrogens with zero attached hydrogens (tertiary/aromatic N) is 1. The number of halogens is 1. The van der Waals surface area contributed by atoms with Crippen molar-refractivity contribution in [1.82, 2.24) is 15.3 Å². The number of fused-ring (bicyclic) bond motifs is 1. The zero-order valence-electron chi connectivity index (χ0n) is 9.87. The molecule has 4 nitrogen and oxygen atoms in total. The van der Waals surface area contributed by atoms with Crippen LogP contribution in [0, 0.1) is 5.82 Å². The van der Waals surface area contributed by atoms with Crippen LogP contribution in [0.4, 0.5) is 4.39 Å². The lowest BCUT2D eigenvalue weighted by Gasteiger charge is -2.21. The predicted molar refractivity (Wildman–Crippen MR) is 67.2 cm³/mol. The number of hydrogen-bond donors (Lipinski definition) is 2. The molecule has 0 amide bonds. The zero-order chi connectivity index (χ0) is 12.5. The number of rotatable bonds is 1. The van der Waals surface area contributed by atoms with Gasteiger partial charge in [0.05, 0.1) is 5.39 Å². The molecule has 0 spiro atoms. The van der Waals surface area contributed by atoms with Gasteiger partial charge in [0, 0.05) is 12.5 Å². The Labute approximate surface area is 103 Å². The number of nitrogens with one attached hydrogen (secondary N) is 2. The molecule has 1 fully saturated rings. The van der Waals surface area contributed by atoms with Crippen LogP contribution in [0.1, 0.15) is 24.6 Å². The summed E-state index contributed by atoms with van der Waals surface area (Å²) in [6, 6.07) is 4.45. The van der Waals surface area contributed by atoms with E-state index in [1.54, 1.807) is 6.07 Å². The highest BCUT2D eigenvalue weighted by Crippen LogP contribution is 2.21. The maximum atomic E-state index is 13.7. The summed E-state index contributed by atoms with van der Waals surface area (Å²) >= 11 is 0. The molecule has 2 N–H and O–H groups in total. The average Bonchev–Trinajstić information content (AvgIpc) is 2.41. The molecule has 1 unspecified atom stereocenters. The van der Waals surface area contributed by atoms with Gasteiger partial charge >= 0.3 is 0 Å². The second kappa shape index (κ2) is 4.49. The van der Waals surface area contributed by atoms with Gasteiger partial charge < -0.3 is 10.3 Å². The highest BCUT2D eigenvalue weighted by atomic mass is 19.1. The number of para-hydroxylation sites is 1. The molecule has 1 aliphatic heterocycles. The fraction of sp³-hybridized carbons (Fsp3) is 0.385. The summed E-state index contributed by atoms with van der Waals surface area (Å²) in [4.78, 5) is 19.0. The van der Waals surface area contributed by atoms with Crippen molar-refractivity contribution >= 4 is 10.9 Å². The van der Waals surface area contributed by atoms with Crippen molar-refractivity contribution in [2.24, 2.45) is 0 Å². The summed E-state index contributed by atoms with van der Waals surface area (Å²) in [7, 11) is 0. The molecule has 0 saturated carbocycles. The van der Waals surface area contributed by atoms with Gasteiger partial charge in [-0.25, -0.2) is 9.37 Å². The Hall–Kier alpha value is -1.75. The molecule has 1 aliphatic rings. The van der Waals surface area contributed by atoms with Crippen molar-refractivity contribution in [2.45, 2.75) is 18.8 Å². The van der Waals surface area contributed by atoms with Gasteiger partial charge in [0.15, 0.2) is 0 Å². The molecular weight excluding hydrogens is 233 g/mol. The van der Waals surface area contributed by atoms with Crippen LogP contribution in [0.15, 0.2) is 23.0 Å². The van der Waals surface area contributed by atoms with Crippen LogP contribution in [-0.2, 0) is 0 Å². The van der Waals surface area contributed by atoms with Crippen LogP contribution in [0.25, 0.3) is 10.9 Å². The second-order valence-corrected chi connectivity index (χ2v) is 4.63. The quantitative estimate of drug-likeness (QED) is 0.803. The first-order valence-corrected chi connectivity index (χ1v) is 6.15. The molecule has 3 rings (SSSR count). The van der Waals surface area contributed by atoms with E-state index in [2.05, 4.69) is 15.3 Å². The third kappa shape index (κ3) is 1.90. The maximum Gasteiger partial charge on any atom is 0.258 e. The fourth-order valence-electron chi connectivity index (χ4n) is 2.42. The molecule has 0 aliphatic carbocycles. The van der Waals surface area contributed by atoms with E-state index in [0.717, 1.165) is 25.9 Å². The topological polar surface area (TPSA) is 57.8 Å². The van der Waals surface area contributed by atoms with E-state index >= 15 is 0 Å². The third-order valence-corrected chi connectivity index (χ3v) is 3.39. The Balaban J connectivity index is 2.14.